The van der Waals surface area contributed by atoms with Crippen molar-refractivity contribution in [3.05, 3.63) is 0 Å². The van der Waals surface area contributed by atoms with Crippen LogP contribution >= 0.6 is 0 Å². The monoisotopic (exact) mass is 353 g/mol. The van der Waals surface area contributed by atoms with Crippen LogP contribution in [0.2, 0.25) is 0 Å². The van der Waals surface area contributed by atoms with Crippen LogP contribution in [0, 0.1) is 0 Å². The molecule has 0 saturated heterocycles. The summed E-state index contributed by atoms with van der Waals surface area (Å²) in [6.45, 7) is 2.27. The molecule has 0 heterocycles. The summed E-state index contributed by atoms with van der Waals surface area (Å²) >= 11 is 0. The van der Waals surface area contributed by atoms with E-state index >= 15 is 0 Å². The Hall–Kier alpha value is -0.660. The number of hydrogen-bond acceptors (Lipinski definition) is 3. The molecule has 0 saturated carbocycles. The molecule has 0 rings (SSSR count). The Labute approximate surface area is 141 Å². The van der Waals surface area contributed by atoms with Crippen molar-refractivity contribution in [1.29, 1.82) is 0 Å². The second-order valence-electron chi connectivity index (χ2n) is 5.91. The minimum Gasteiger partial charge on any atom is -0.370 e. The van der Waals surface area contributed by atoms with Gasteiger partial charge in [0.05, 0.1) is 0 Å². The molecule has 0 aliphatic rings. The maximum Gasteiger partial charge on any atom is 0.394 e. The van der Waals surface area contributed by atoms with Gasteiger partial charge in [-0.3, -0.25) is 13.9 Å². The van der Waals surface area contributed by atoms with Crippen LogP contribution in [0.3, 0.4) is 0 Å². The third-order valence-electron chi connectivity index (χ3n) is 3.53. The lowest BCUT2D eigenvalue weighted by atomic mass is 10.0. The first kappa shape index (κ1) is 24.6. The number of carbonyl (C=O) groups excluding carboxylic acids is 1. The van der Waals surface area contributed by atoms with Crippen molar-refractivity contribution < 1.29 is 22.3 Å². The standard InChI is InChI=1S/C16H33NO.H2O4S/c1-2-3-4-5-6-7-8-9-10-11-12-13-14-15-16(17)18;1-5(2,3)4/h2-15H2,1H3,(H2,17,18);(H2,1,2,3,4). The van der Waals surface area contributed by atoms with E-state index in [0.29, 0.717) is 6.42 Å². The Morgan fingerprint density at radius 2 is 1.00 bits per heavy atom. The Morgan fingerprint density at radius 1 is 0.739 bits per heavy atom. The number of rotatable bonds is 14. The molecule has 0 radical (unpaired) electrons. The van der Waals surface area contributed by atoms with Crippen molar-refractivity contribution in [3.8, 4) is 0 Å². The van der Waals surface area contributed by atoms with Crippen molar-refractivity contribution in [2.45, 2.75) is 96.8 Å². The molecule has 0 unspecified atom stereocenters. The summed E-state index contributed by atoms with van der Waals surface area (Å²) in [5.74, 6) is -0.155. The van der Waals surface area contributed by atoms with Crippen LogP contribution in [0.15, 0.2) is 0 Å². The van der Waals surface area contributed by atoms with Gasteiger partial charge in [-0.1, -0.05) is 84.0 Å². The van der Waals surface area contributed by atoms with E-state index in [1.165, 1.54) is 77.0 Å². The summed E-state index contributed by atoms with van der Waals surface area (Å²) in [4.78, 5) is 10.5. The molecular weight excluding hydrogens is 318 g/mol. The molecule has 7 heteroatoms. The minimum atomic E-state index is -4.67. The lowest BCUT2D eigenvalue weighted by molar-refractivity contribution is -0.118. The molecule has 1 amide bonds. The highest BCUT2D eigenvalue weighted by atomic mass is 32.3. The second kappa shape index (κ2) is 17.7. The van der Waals surface area contributed by atoms with Crippen molar-refractivity contribution in [1.82, 2.24) is 0 Å². The number of nitrogens with two attached hydrogens (primary N) is 1. The van der Waals surface area contributed by atoms with Crippen molar-refractivity contribution in [3.63, 3.8) is 0 Å². The van der Waals surface area contributed by atoms with Crippen LogP contribution in [0.1, 0.15) is 96.8 Å². The molecule has 0 aliphatic heterocycles. The average molecular weight is 354 g/mol. The molecule has 0 fully saturated rings. The normalized spacial score (nSPS) is 10.9. The van der Waals surface area contributed by atoms with E-state index in [-0.39, 0.29) is 5.91 Å². The van der Waals surface area contributed by atoms with Gasteiger partial charge in [0.1, 0.15) is 0 Å². The average Bonchev–Trinajstić information content (AvgIpc) is 2.42. The smallest absolute Gasteiger partial charge is 0.370 e. The first-order valence-electron chi connectivity index (χ1n) is 8.75. The molecular formula is C16H35NO5S. The third-order valence-corrected chi connectivity index (χ3v) is 3.53. The summed E-state index contributed by atoms with van der Waals surface area (Å²) < 4.78 is 31.6. The lowest BCUT2D eigenvalue weighted by Crippen LogP contribution is -2.09. The van der Waals surface area contributed by atoms with Crippen molar-refractivity contribution in [2.24, 2.45) is 5.73 Å². The number of unbranched alkanes of at least 4 members (excludes halogenated alkanes) is 12. The molecule has 0 aliphatic carbocycles. The third kappa shape index (κ3) is 38.8. The number of hydrogen-bond donors (Lipinski definition) is 3. The molecule has 0 aromatic rings. The van der Waals surface area contributed by atoms with Gasteiger partial charge in [-0.2, -0.15) is 8.42 Å². The fourth-order valence-electron chi connectivity index (χ4n) is 2.32. The van der Waals surface area contributed by atoms with E-state index in [1.54, 1.807) is 0 Å². The predicted octanol–water partition coefficient (Wildman–Crippen LogP) is 4.30. The molecule has 6 nitrogen and oxygen atoms in total. The van der Waals surface area contributed by atoms with Crippen LogP contribution in [-0.4, -0.2) is 23.4 Å². The molecule has 0 bridgehead atoms. The number of primary amides is 1. The molecule has 4 N–H and O–H groups in total. The van der Waals surface area contributed by atoms with Gasteiger partial charge in [-0.25, -0.2) is 0 Å². The predicted molar refractivity (Wildman–Crippen MR) is 93.7 cm³/mol. The summed E-state index contributed by atoms with van der Waals surface area (Å²) in [7, 11) is -4.67. The van der Waals surface area contributed by atoms with Crippen LogP contribution < -0.4 is 5.73 Å². The van der Waals surface area contributed by atoms with Crippen LogP contribution in [0.4, 0.5) is 0 Å². The van der Waals surface area contributed by atoms with E-state index in [9.17, 15) is 4.79 Å². The van der Waals surface area contributed by atoms with Gasteiger partial charge >= 0.3 is 10.4 Å². The molecule has 0 aromatic carbocycles. The highest BCUT2D eigenvalue weighted by Crippen LogP contribution is 2.12. The lowest BCUT2D eigenvalue weighted by Gasteiger charge is -2.02. The molecule has 0 aromatic heterocycles. The molecule has 140 valence electrons. The zero-order chi connectivity index (χ0) is 18.0. The van der Waals surface area contributed by atoms with E-state index in [0.717, 1.165) is 6.42 Å². The highest BCUT2D eigenvalue weighted by Gasteiger charge is 1.95. The second-order valence-corrected chi connectivity index (χ2v) is 6.80. The fourth-order valence-corrected chi connectivity index (χ4v) is 2.32. The fraction of sp³-hybridized carbons (Fsp3) is 0.938. The quantitative estimate of drug-likeness (QED) is 0.318. The summed E-state index contributed by atoms with van der Waals surface area (Å²) in [6, 6.07) is 0. The van der Waals surface area contributed by atoms with Crippen molar-refractivity contribution in [2.75, 3.05) is 0 Å². The summed E-state index contributed by atoms with van der Waals surface area (Å²) in [5.41, 5.74) is 5.09. The van der Waals surface area contributed by atoms with Gasteiger partial charge in [0.25, 0.3) is 0 Å². The van der Waals surface area contributed by atoms with E-state index in [1.807, 2.05) is 0 Å². The van der Waals surface area contributed by atoms with Gasteiger partial charge in [0.15, 0.2) is 0 Å². The Kier molecular flexibility index (Phi) is 18.9. The Balaban J connectivity index is 0. The van der Waals surface area contributed by atoms with Gasteiger partial charge in [-0.15, -0.1) is 0 Å². The minimum absolute atomic E-state index is 0.155. The number of amides is 1. The van der Waals surface area contributed by atoms with E-state index in [4.69, 9.17) is 23.3 Å². The zero-order valence-corrected chi connectivity index (χ0v) is 15.3. The number of carbonyl (C=O) groups is 1. The largest absolute Gasteiger partial charge is 0.394 e. The molecule has 23 heavy (non-hydrogen) atoms. The van der Waals surface area contributed by atoms with Gasteiger partial charge in [0, 0.05) is 6.42 Å². The maximum atomic E-state index is 10.5. The van der Waals surface area contributed by atoms with Crippen LogP contribution in [0.5, 0.6) is 0 Å². The SMILES string of the molecule is CCCCCCCCCCCCCCCC(N)=O.O=S(=O)(O)O. The van der Waals surface area contributed by atoms with Crippen LogP contribution in [0.25, 0.3) is 0 Å². The first-order chi connectivity index (χ1) is 10.8. The summed E-state index contributed by atoms with van der Waals surface area (Å²) in [6.07, 6.45) is 17.9. The molecule has 0 atom stereocenters. The van der Waals surface area contributed by atoms with E-state index in [2.05, 4.69) is 6.92 Å². The topological polar surface area (TPSA) is 118 Å². The van der Waals surface area contributed by atoms with E-state index < -0.39 is 10.4 Å². The molecule has 0 spiro atoms. The van der Waals surface area contributed by atoms with Crippen molar-refractivity contribution >= 4 is 16.3 Å². The van der Waals surface area contributed by atoms with Gasteiger partial charge in [0.2, 0.25) is 5.91 Å². The Morgan fingerprint density at radius 3 is 1.26 bits per heavy atom. The van der Waals surface area contributed by atoms with Crippen LogP contribution in [-0.2, 0) is 15.2 Å². The van der Waals surface area contributed by atoms with Gasteiger partial charge < -0.3 is 5.73 Å². The highest BCUT2D eigenvalue weighted by molar-refractivity contribution is 7.79. The zero-order valence-electron chi connectivity index (χ0n) is 14.5. The van der Waals surface area contributed by atoms with Gasteiger partial charge in [-0.05, 0) is 6.42 Å². The Bertz CT molecular complexity index is 349. The first-order valence-corrected chi connectivity index (χ1v) is 10.1. The summed E-state index contributed by atoms with van der Waals surface area (Å²) in [5, 5.41) is 0. The maximum absolute atomic E-state index is 10.5.